The summed E-state index contributed by atoms with van der Waals surface area (Å²) >= 11 is 5.88. The first-order valence-corrected chi connectivity index (χ1v) is 45.2. The number of piperazine rings is 1. The van der Waals surface area contributed by atoms with Crippen LogP contribution in [-0.2, 0) is 24.2 Å². The highest BCUT2D eigenvalue weighted by Crippen LogP contribution is 2.48. The molecule has 1 saturated heterocycles. The lowest BCUT2D eigenvalue weighted by Crippen LogP contribution is -2.44. The summed E-state index contributed by atoms with van der Waals surface area (Å²) in [5, 5.41) is 24.8. The third-order valence-corrected chi connectivity index (χ3v) is 26.8. The van der Waals surface area contributed by atoms with Crippen LogP contribution in [0.3, 0.4) is 0 Å². The van der Waals surface area contributed by atoms with Gasteiger partial charge in [-0.15, -0.1) is 45.3 Å². The number of benzene rings is 3. The van der Waals surface area contributed by atoms with E-state index in [1.54, 1.807) is 76.7 Å². The zero-order valence-corrected chi connectivity index (χ0v) is 77.8. The first-order valence-electron chi connectivity index (χ1n) is 41.9. The summed E-state index contributed by atoms with van der Waals surface area (Å²) in [6.45, 7) is 23.2. The summed E-state index contributed by atoms with van der Waals surface area (Å²) < 4.78 is 11.1. The molecular formula is C87H98N30O8S4. The average molecular weight is 1820 g/mol. The van der Waals surface area contributed by atoms with E-state index in [1.165, 1.54) is 63.6 Å². The van der Waals surface area contributed by atoms with Gasteiger partial charge >= 0.3 is 0 Å². The number of nitrogens with zero attached hydrogens (tertiary/aromatic N) is 24. The van der Waals surface area contributed by atoms with Gasteiger partial charge in [-0.25, -0.2) is 44.9 Å². The van der Waals surface area contributed by atoms with Gasteiger partial charge in [0.2, 0.25) is 29.7 Å². The predicted octanol–water partition coefficient (Wildman–Crippen LogP) is 13.3. The molecule has 0 aliphatic carbocycles. The van der Waals surface area contributed by atoms with Crippen molar-refractivity contribution in [3.05, 3.63) is 157 Å². The second-order valence-corrected chi connectivity index (χ2v) is 35.7. The molecule has 7 aliphatic heterocycles. The average Bonchev–Trinajstić information content (AvgIpc) is 1.63. The zero-order valence-electron chi connectivity index (χ0n) is 74.5. The Labute approximate surface area is 760 Å². The number of thiazole rings is 4. The Bertz CT molecular complexity index is 6350. The van der Waals surface area contributed by atoms with Gasteiger partial charge in [-0.1, -0.05) is 0 Å². The second kappa shape index (κ2) is 37.2. The van der Waals surface area contributed by atoms with Gasteiger partial charge in [-0.05, 0) is 160 Å². The summed E-state index contributed by atoms with van der Waals surface area (Å²) in [5.74, 6) is 5.31. The number of methoxy groups -OCH3 is 2. The van der Waals surface area contributed by atoms with E-state index in [1.807, 2.05) is 134 Å². The van der Waals surface area contributed by atoms with Crippen LogP contribution in [0.2, 0.25) is 0 Å². The van der Waals surface area contributed by atoms with Crippen molar-refractivity contribution in [2.75, 3.05) is 193 Å². The van der Waals surface area contributed by atoms with Gasteiger partial charge in [-0.3, -0.25) is 28.8 Å². The van der Waals surface area contributed by atoms with E-state index in [0.717, 1.165) is 120 Å². The Morgan fingerprint density at radius 1 is 0.426 bits per heavy atom. The van der Waals surface area contributed by atoms with Crippen LogP contribution >= 0.6 is 45.3 Å². The molecule has 1 fully saturated rings. The number of pyridine rings is 1. The number of nitrogens with one attached hydrogen (secondary N) is 6. The summed E-state index contributed by atoms with van der Waals surface area (Å²) in [6.07, 6.45) is 10.7. The van der Waals surface area contributed by atoms with Gasteiger partial charge in [0.05, 0.1) is 82.3 Å². The maximum atomic E-state index is 13.2. The Kier molecular flexibility index (Phi) is 25.6. The minimum absolute atomic E-state index is 0.0398. The Hall–Kier alpha value is -13.8. The van der Waals surface area contributed by atoms with Crippen molar-refractivity contribution in [3.63, 3.8) is 0 Å². The Morgan fingerprint density at radius 3 is 1.29 bits per heavy atom. The van der Waals surface area contributed by atoms with Crippen LogP contribution in [-0.4, -0.2) is 232 Å². The SMILES string of the molecule is CCN1C(=O)c2nc(C)sc2N(C)c2nc(Nc3cc4c(cc3OC)CCN(C)C4)ncc21.CCN1C(=O)c2nc(C)sc2N(C)c2nc(Nc3ccc(C(=O)NC)cc3OC)ncc21.CCN1C(=O)c2nc(C)sc2N(C)c2nc(Nc3ccc(N4CCN(C)CC4)cn3)ncc21.CCN1C(=O)c2nc(C)sc2N(C)c2nc(Nc3ccc4c(c3)CCC(=O)N4)ncc21. The van der Waals surface area contributed by atoms with E-state index in [0.29, 0.717) is 154 Å². The number of rotatable bonds is 16. The normalized spacial score (nSPS) is 15.0. The Morgan fingerprint density at radius 2 is 0.860 bits per heavy atom. The molecule has 9 aromatic heterocycles. The molecule has 3 aromatic carbocycles. The quantitative estimate of drug-likeness (QED) is 0.0523. The van der Waals surface area contributed by atoms with E-state index in [2.05, 4.69) is 124 Å². The fraction of sp³-hybridized carbons (Fsp3) is 0.345. The number of carbonyl (C=O) groups excluding carboxylic acids is 6. The third kappa shape index (κ3) is 17.8. The molecular weight excluding hydrogens is 1720 g/mol. The number of ether oxygens (including phenoxy) is 2. The molecule has 16 heterocycles. The van der Waals surface area contributed by atoms with Crippen LogP contribution in [0, 0.1) is 27.7 Å². The molecule has 0 unspecified atom stereocenters. The summed E-state index contributed by atoms with van der Waals surface area (Å²) in [6, 6.07) is 19.1. The van der Waals surface area contributed by atoms with Crippen molar-refractivity contribution < 1.29 is 38.2 Å². The van der Waals surface area contributed by atoms with Gasteiger partial charge in [0.15, 0.2) is 46.0 Å². The van der Waals surface area contributed by atoms with Gasteiger partial charge in [0.1, 0.15) is 60.1 Å². The molecule has 38 nitrogen and oxygen atoms in total. The number of aromatic nitrogens is 13. The largest absolute Gasteiger partial charge is 0.495 e. The summed E-state index contributed by atoms with van der Waals surface area (Å²) in [4.78, 5) is 156. The standard InChI is InChI=1S/C23H27N7O2S.C22H27N9OS.C21H23N7O3S.C21H21N7O2S/c1-6-30-17-11-24-23(27-20(17)29(4)22-19(21(30)31)25-13(2)33-22)26-16-9-15-12-28(3)8-7-14(15)10-18(16)32-5;1-5-31-16-13-24-22(27-19(16)29(4)21-18(20(31)32)25-14(2)33-21)26-17-7-6-15(12-23-17)30-10-8-28(3)9-11-30;1-6-28-14-10-23-21(25-13-8-7-12(18(29)22-3)9-15(13)31-5)26-17(14)27(4)20-16(19(28)30)24-11(2)32-20;1-4-28-15-10-22-21(24-13-6-7-14-12(9-13)5-8-16(29)25-14)26-18(15)27(3)20-17(19(28)30)23-11(2)31-20/h9-11H,6-8,12H2,1-5H3,(H,24,26,27);6-7,12-13H,5,8-11H2,1-4H3,(H,23,24,26,27);7-10H,6H2,1-5H3,(H,22,29)(H,23,25,26);6-7,9-10H,4-5,8H2,1-3H3,(H,25,29)(H,22,24,26). The van der Waals surface area contributed by atoms with Gasteiger partial charge < -0.3 is 95.3 Å². The number of hydrogen-bond donors (Lipinski definition) is 6. The molecule has 6 amide bonds. The highest BCUT2D eigenvalue weighted by molar-refractivity contribution is 7.17. The lowest BCUT2D eigenvalue weighted by Gasteiger charge is -2.33. The number of carbonyl (C=O) groups is 6. The number of aryl methyl sites for hydroxylation is 5. The lowest BCUT2D eigenvalue weighted by atomic mass is 9.99. The van der Waals surface area contributed by atoms with Gasteiger partial charge in [-0.2, -0.15) is 19.9 Å². The molecule has 0 spiro atoms. The highest BCUT2D eigenvalue weighted by atomic mass is 32.1. The Balaban J connectivity index is 0.000000126. The van der Waals surface area contributed by atoms with Crippen molar-refractivity contribution in [1.29, 1.82) is 0 Å². The van der Waals surface area contributed by atoms with Gasteiger partial charge in [0.25, 0.3) is 29.5 Å². The molecule has 6 N–H and O–H groups in total. The monoisotopic (exact) mass is 1820 g/mol. The molecule has 19 rings (SSSR count). The minimum Gasteiger partial charge on any atom is -0.495 e. The van der Waals surface area contributed by atoms with Crippen molar-refractivity contribution in [1.82, 2.24) is 79.9 Å². The van der Waals surface area contributed by atoms with Gasteiger partial charge in [0, 0.05) is 124 Å². The van der Waals surface area contributed by atoms with E-state index in [-0.39, 0.29) is 35.4 Å². The summed E-state index contributed by atoms with van der Waals surface area (Å²) in [5.41, 5.74) is 12.7. The molecule has 0 radical (unpaired) electrons. The van der Waals surface area contributed by atoms with Crippen LogP contribution in [0.25, 0.3) is 0 Å². The van der Waals surface area contributed by atoms with Crippen molar-refractivity contribution in [2.24, 2.45) is 0 Å². The van der Waals surface area contributed by atoms with E-state index < -0.39 is 0 Å². The highest BCUT2D eigenvalue weighted by Gasteiger charge is 2.39. The maximum Gasteiger partial charge on any atom is 0.280 e. The van der Waals surface area contributed by atoms with E-state index in [9.17, 15) is 28.8 Å². The molecule has 12 aromatic rings. The van der Waals surface area contributed by atoms with Crippen LogP contribution in [0.5, 0.6) is 11.5 Å². The van der Waals surface area contributed by atoms with Crippen LogP contribution in [0.1, 0.15) is 123 Å². The first kappa shape index (κ1) is 88.6. The molecule has 0 saturated carbocycles. The molecule has 42 heteroatoms. The number of likely N-dealkylation sites (N-methyl/N-ethyl adjacent to an activating group) is 2. The van der Waals surface area contributed by atoms with Crippen LogP contribution in [0.15, 0.2) is 91.6 Å². The molecule has 668 valence electrons. The fourth-order valence-corrected chi connectivity index (χ4v) is 19.4. The molecule has 0 bridgehead atoms. The van der Waals surface area contributed by atoms with Crippen LogP contribution < -0.4 is 85.5 Å². The predicted molar refractivity (Wildman–Crippen MR) is 507 cm³/mol. The number of anilines is 22. The topological polar surface area (TPSA) is 396 Å². The number of hydrogen-bond acceptors (Lipinski definition) is 36. The summed E-state index contributed by atoms with van der Waals surface area (Å²) in [7, 11) is 16.6. The molecule has 0 atom stereocenters. The maximum absolute atomic E-state index is 13.2. The third-order valence-electron chi connectivity index (χ3n) is 22.6. The van der Waals surface area contributed by atoms with Crippen LogP contribution in [0.4, 0.5) is 124 Å². The van der Waals surface area contributed by atoms with Crippen molar-refractivity contribution >= 4 is 205 Å². The van der Waals surface area contributed by atoms with E-state index >= 15 is 0 Å². The van der Waals surface area contributed by atoms with Crippen molar-refractivity contribution in [3.8, 4) is 11.5 Å². The second-order valence-electron chi connectivity index (χ2n) is 31.0. The first-order chi connectivity index (χ1) is 62.1. The zero-order chi connectivity index (χ0) is 91.1. The number of amides is 6. The minimum atomic E-state index is -0.210. The van der Waals surface area contributed by atoms with E-state index in [4.69, 9.17) is 29.4 Å². The molecule has 129 heavy (non-hydrogen) atoms. The fourth-order valence-electron chi connectivity index (χ4n) is 15.9. The molecule has 7 aliphatic rings. The number of fused-ring (bicyclic) bond motifs is 10. The van der Waals surface area contributed by atoms with Crippen molar-refractivity contribution in [2.45, 2.75) is 81.2 Å². The smallest absolute Gasteiger partial charge is 0.280 e. The lowest BCUT2D eigenvalue weighted by molar-refractivity contribution is -0.116.